The minimum Gasteiger partial charge on any atom is -0.295 e. The Balaban J connectivity index is 2.13. The Kier molecular flexibility index (Phi) is 4.04. The van der Waals surface area contributed by atoms with Crippen LogP contribution in [0.3, 0.4) is 0 Å². The van der Waals surface area contributed by atoms with Gasteiger partial charge in [-0.05, 0) is 49.1 Å². The van der Waals surface area contributed by atoms with Crippen LogP contribution < -0.4 is 0 Å². The van der Waals surface area contributed by atoms with Crippen LogP contribution in [-0.2, 0) is 6.42 Å². The Morgan fingerprint density at radius 2 is 2.15 bits per heavy atom. The van der Waals surface area contributed by atoms with Gasteiger partial charge in [-0.1, -0.05) is 13.0 Å². The maximum Gasteiger partial charge on any atom is 0.127 e. The summed E-state index contributed by atoms with van der Waals surface area (Å²) >= 11 is 0. The first-order valence-corrected chi connectivity index (χ1v) is 8.87. The fraction of sp³-hybridized carbons (Fsp3) is 0.286. The number of nitriles is 1. The second-order valence-corrected chi connectivity index (χ2v) is 6.61. The van der Waals surface area contributed by atoms with Gasteiger partial charge in [-0.3, -0.25) is 14.5 Å². The van der Waals surface area contributed by atoms with Gasteiger partial charge in [-0.15, -0.1) is 0 Å². The van der Waals surface area contributed by atoms with E-state index in [0.717, 1.165) is 36.3 Å². The van der Waals surface area contributed by atoms with Crippen molar-refractivity contribution >= 4 is 16.7 Å². The van der Waals surface area contributed by atoms with Crippen molar-refractivity contribution in [3.8, 4) is 17.5 Å². The zero-order chi connectivity index (χ0) is 18.3. The highest BCUT2D eigenvalue weighted by molar-refractivity contribution is 6.04. The van der Waals surface area contributed by atoms with Crippen molar-refractivity contribution in [3.63, 3.8) is 0 Å². The molecule has 0 unspecified atom stereocenters. The monoisotopic (exact) mass is 346 g/mol. The number of pyridine rings is 1. The molecule has 0 saturated carbocycles. The molecule has 0 radical (unpaired) electrons. The van der Waals surface area contributed by atoms with Crippen molar-refractivity contribution in [3.05, 3.63) is 53.0 Å². The van der Waals surface area contributed by atoms with Gasteiger partial charge in [0.05, 0.1) is 22.5 Å². The lowest BCUT2D eigenvalue weighted by Gasteiger charge is -2.11. The molecule has 5 heteroatoms. The minimum absolute atomic E-state index is 0.273. The summed E-state index contributed by atoms with van der Waals surface area (Å²) in [6.45, 7) is 4.68. The van der Waals surface area contributed by atoms with Crippen molar-refractivity contribution in [1.29, 1.82) is 5.26 Å². The highest BCUT2D eigenvalue weighted by Crippen LogP contribution is 2.35. The van der Waals surface area contributed by atoms with Crippen LogP contribution in [0.1, 0.15) is 36.5 Å². The van der Waals surface area contributed by atoms with E-state index < -0.39 is 0 Å². The van der Waals surface area contributed by atoms with E-state index in [1.165, 1.54) is 6.07 Å². The zero-order valence-electron chi connectivity index (χ0n) is 14.9. The van der Waals surface area contributed by atoms with Crippen LogP contribution in [0.15, 0.2) is 35.5 Å². The molecule has 0 saturated heterocycles. The Bertz CT molecular complexity index is 1070. The number of aliphatic imine (C=N–C) groups is 1. The zero-order valence-corrected chi connectivity index (χ0v) is 14.9. The quantitative estimate of drug-likeness (QED) is 0.679. The van der Waals surface area contributed by atoms with Gasteiger partial charge in [0.2, 0.25) is 0 Å². The standard InChI is InChI=1S/C21H19FN4/c1-3-14-9-19-15(10-17(14)22)16(11-23)21(18-7-6-13(2)12-25-18)26(19)20-5-4-8-24-20/h6-7,9-10,12H,3-5,8H2,1-2H3. The van der Waals surface area contributed by atoms with Crippen LogP contribution in [0.2, 0.25) is 0 Å². The third-order valence-electron chi connectivity index (χ3n) is 4.89. The molecule has 3 heterocycles. The maximum absolute atomic E-state index is 14.4. The number of nitrogens with zero attached hydrogens (tertiary/aromatic N) is 4. The third kappa shape index (κ3) is 2.50. The number of rotatable bonds is 2. The summed E-state index contributed by atoms with van der Waals surface area (Å²) in [5.74, 6) is 0.646. The predicted molar refractivity (Wildman–Crippen MR) is 101 cm³/mol. The predicted octanol–water partition coefficient (Wildman–Crippen LogP) is 4.63. The maximum atomic E-state index is 14.4. The molecule has 1 aromatic carbocycles. The van der Waals surface area contributed by atoms with E-state index in [9.17, 15) is 9.65 Å². The van der Waals surface area contributed by atoms with Gasteiger partial charge in [0, 0.05) is 24.5 Å². The topological polar surface area (TPSA) is 54.0 Å². The third-order valence-corrected chi connectivity index (χ3v) is 4.89. The molecular weight excluding hydrogens is 327 g/mol. The highest BCUT2D eigenvalue weighted by Gasteiger charge is 2.24. The highest BCUT2D eigenvalue weighted by atomic mass is 19.1. The van der Waals surface area contributed by atoms with Crippen molar-refractivity contribution in [2.75, 3.05) is 6.54 Å². The van der Waals surface area contributed by atoms with Crippen molar-refractivity contribution in [1.82, 2.24) is 9.55 Å². The fourth-order valence-electron chi connectivity index (χ4n) is 3.56. The molecule has 0 atom stereocenters. The number of benzene rings is 1. The van der Waals surface area contributed by atoms with E-state index in [2.05, 4.69) is 16.0 Å². The summed E-state index contributed by atoms with van der Waals surface area (Å²) in [6.07, 6.45) is 4.21. The second-order valence-electron chi connectivity index (χ2n) is 6.61. The van der Waals surface area contributed by atoms with Crippen LogP contribution in [0.25, 0.3) is 22.3 Å². The summed E-state index contributed by atoms with van der Waals surface area (Å²) < 4.78 is 16.5. The number of halogens is 1. The molecule has 130 valence electrons. The van der Waals surface area contributed by atoms with Gasteiger partial charge in [0.1, 0.15) is 17.7 Å². The molecule has 0 spiro atoms. The van der Waals surface area contributed by atoms with Gasteiger partial charge < -0.3 is 0 Å². The molecule has 0 aliphatic carbocycles. The Labute approximate surface area is 151 Å². The lowest BCUT2D eigenvalue weighted by Crippen LogP contribution is -2.11. The molecule has 4 nitrogen and oxygen atoms in total. The summed E-state index contributed by atoms with van der Waals surface area (Å²) in [4.78, 5) is 9.16. The molecule has 1 aliphatic heterocycles. The molecular formula is C21H19FN4. The summed E-state index contributed by atoms with van der Waals surface area (Å²) in [5, 5.41) is 10.5. The smallest absolute Gasteiger partial charge is 0.127 e. The van der Waals surface area contributed by atoms with Gasteiger partial charge in [0.25, 0.3) is 0 Å². The molecule has 26 heavy (non-hydrogen) atoms. The van der Waals surface area contributed by atoms with Gasteiger partial charge in [0.15, 0.2) is 0 Å². The number of aryl methyl sites for hydroxylation is 2. The summed E-state index contributed by atoms with van der Waals surface area (Å²) in [5.41, 5.74) is 4.38. The van der Waals surface area contributed by atoms with E-state index in [-0.39, 0.29) is 5.82 Å². The van der Waals surface area contributed by atoms with E-state index in [1.54, 1.807) is 6.20 Å². The molecule has 3 aromatic rings. The number of fused-ring (bicyclic) bond motifs is 1. The van der Waals surface area contributed by atoms with Crippen LogP contribution in [0.4, 0.5) is 4.39 Å². The lowest BCUT2D eigenvalue weighted by molar-refractivity contribution is 0.614. The lowest BCUT2D eigenvalue weighted by atomic mass is 10.1. The molecule has 0 fully saturated rings. The van der Waals surface area contributed by atoms with Crippen LogP contribution >= 0.6 is 0 Å². The summed E-state index contributed by atoms with van der Waals surface area (Å²) in [7, 11) is 0. The van der Waals surface area contributed by atoms with Crippen molar-refractivity contribution in [2.45, 2.75) is 33.1 Å². The Morgan fingerprint density at radius 1 is 1.31 bits per heavy atom. The molecule has 0 N–H and O–H groups in total. The van der Waals surface area contributed by atoms with Crippen molar-refractivity contribution < 1.29 is 4.39 Å². The van der Waals surface area contributed by atoms with Gasteiger partial charge in [-0.25, -0.2) is 4.39 Å². The molecule has 4 rings (SSSR count). The number of hydrogen-bond acceptors (Lipinski definition) is 3. The average Bonchev–Trinajstić information content (AvgIpc) is 3.27. The molecule has 1 aliphatic rings. The van der Waals surface area contributed by atoms with Crippen molar-refractivity contribution in [2.24, 2.45) is 4.99 Å². The largest absolute Gasteiger partial charge is 0.295 e. The summed E-state index contributed by atoms with van der Waals surface area (Å²) in [6, 6.07) is 9.49. The first-order chi connectivity index (χ1) is 12.6. The first kappa shape index (κ1) is 16.5. The van der Waals surface area contributed by atoms with Crippen LogP contribution in [0, 0.1) is 24.1 Å². The van der Waals surface area contributed by atoms with E-state index >= 15 is 0 Å². The van der Waals surface area contributed by atoms with E-state index in [4.69, 9.17) is 0 Å². The minimum atomic E-state index is -0.273. The SMILES string of the molecule is CCc1cc2c(cc1F)c(C#N)c(-c1ccc(C)cn1)n2C1=NCCC1. The Hall–Kier alpha value is -3.00. The molecule has 0 amide bonds. The fourth-order valence-corrected chi connectivity index (χ4v) is 3.56. The van der Waals surface area contributed by atoms with Crippen LogP contribution in [-0.4, -0.2) is 21.9 Å². The normalized spacial score (nSPS) is 13.8. The molecule has 2 aromatic heterocycles. The van der Waals surface area contributed by atoms with Gasteiger partial charge >= 0.3 is 0 Å². The van der Waals surface area contributed by atoms with E-state index in [0.29, 0.717) is 34.3 Å². The number of hydrogen-bond donors (Lipinski definition) is 0. The second kappa shape index (κ2) is 6.38. The van der Waals surface area contributed by atoms with E-state index in [1.807, 2.05) is 36.6 Å². The first-order valence-electron chi connectivity index (χ1n) is 8.87. The number of aromatic nitrogens is 2. The molecule has 0 bridgehead atoms. The Morgan fingerprint density at radius 3 is 2.77 bits per heavy atom. The van der Waals surface area contributed by atoms with Gasteiger partial charge in [-0.2, -0.15) is 5.26 Å². The average molecular weight is 346 g/mol. The van der Waals surface area contributed by atoms with Crippen LogP contribution in [0.5, 0.6) is 0 Å².